The molecule has 0 spiro atoms. The van der Waals surface area contributed by atoms with Crippen molar-refractivity contribution >= 4 is 43.1 Å². The van der Waals surface area contributed by atoms with E-state index in [1.54, 1.807) is 28.4 Å². The van der Waals surface area contributed by atoms with E-state index in [1.165, 1.54) is 10.8 Å². The molecule has 0 aliphatic heterocycles. The van der Waals surface area contributed by atoms with Crippen LogP contribution < -0.4 is 18.9 Å². The highest BCUT2D eigenvalue weighted by molar-refractivity contribution is 6.33. The molecule has 0 fully saturated rings. The minimum Gasteiger partial charge on any atom is -0.497 e. The van der Waals surface area contributed by atoms with Gasteiger partial charge in [0.1, 0.15) is 23.0 Å². The predicted octanol–water partition coefficient (Wildman–Crippen LogP) is 5.77. The van der Waals surface area contributed by atoms with Crippen molar-refractivity contribution in [2.24, 2.45) is 0 Å². The molecule has 0 aliphatic rings. The van der Waals surface area contributed by atoms with Gasteiger partial charge in [0.15, 0.2) is 0 Å². The molecule has 5 rings (SSSR count). The average Bonchev–Trinajstić information content (AvgIpc) is 2.75. The van der Waals surface area contributed by atoms with Crippen molar-refractivity contribution in [2.45, 2.75) is 0 Å². The summed E-state index contributed by atoms with van der Waals surface area (Å²) in [4.78, 5) is 0. The molecule has 0 aromatic heterocycles. The second-order valence-corrected chi connectivity index (χ2v) is 6.90. The third-order valence-corrected chi connectivity index (χ3v) is 5.52. The van der Waals surface area contributed by atoms with Crippen LogP contribution in [0.3, 0.4) is 0 Å². The van der Waals surface area contributed by atoms with Crippen LogP contribution in [-0.4, -0.2) is 28.4 Å². The maximum atomic E-state index is 5.59. The van der Waals surface area contributed by atoms with Crippen molar-refractivity contribution in [3.63, 3.8) is 0 Å². The van der Waals surface area contributed by atoms with Crippen molar-refractivity contribution < 1.29 is 18.9 Å². The number of benzene rings is 5. The molecule has 0 N–H and O–H groups in total. The Labute approximate surface area is 162 Å². The molecule has 0 unspecified atom stereocenters. The predicted molar refractivity (Wildman–Crippen MR) is 114 cm³/mol. The molecule has 5 aromatic rings. The zero-order valence-electron chi connectivity index (χ0n) is 16.3. The number of fused-ring (bicyclic) bond motifs is 2. The number of methoxy groups -OCH3 is 4. The summed E-state index contributed by atoms with van der Waals surface area (Å²) in [7, 11) is 6.77. The van der Waals surface area contributed by atoms with Crippen LogP contribution in [0.15, 0.2) is 48.5 Å². The molecule has 0 saturated heterocycles. The van der Waals surface area contributed by atoms with Gasteiger partial charge in [-0.3, -0.25) is 0 Å². The Morgan fingerprint density at radius 2 is 0.643 bits per heavy atom. The summed E-state index contributed by atoms with van der Waals surface area (Å²) in [6.45, 7) is 0. The van der Waals surface area contributed by atoms with Crippen LogP contribution in [-0.2, 0) is 0 Å². The van der Waals surface area contributed by atoms with Gasteiger partial charge in [0.05, 0.1) is 28.4 Å². The first kappa shape index (κ1) is 16.8. The highest BCUT2D eigenvalue weighted by Crippen LogP contribution is 2.45. The molecule has 4 nitrogen and oxygen atoms in total. The van der Waals surface area contributed by atoms with E-state index in [0.29, 0.717) is 0 Å². The molecule has 0 heterocycles. The summed E-state index contributed by atoms with van der Waals surface area (Å²) in [5.74, 6) is 3.26. The number of ether oxygens (including phenoxy) is 4. The lowest BCUT2D eigenvalue weighted by atomic mass is 9.89. The topological polar surface area (TPSA) is 36.9 Å². The van der Waals surface area contributed by atoms with Gasteiger partial charge >= 0.3 is 0 Å². The molecule has 0 atom stereocenters. The van der Waals surface area contributed by atoms with Gasteiger partial charge in [-0.1, -0.05) is 0 Å². The van der Waals surface area contributed by atoms with Crippen molar-refractivity contribution in [2.75, 3.05) is 28.4 Å². The van der Waals surface area contributed by atoms with Gasteiger partial charge < -0.3 is 18.9 Å². The van der Waals surface area contributed by atoms with Gasteiger partial charge in [0.2, 0.25) is 0 Å². The highest BCUT2D eigenvalue weighted by atomic mass is 16.5. The van der Waals surface area contributed by atoms with Crippen molar-refractivity contribution in [1.82, 2.24) is 0 Å². The van der Waals surface area contributed by atoms with Gasteiger partial charge in [0.25, 0.3) is 0 Å². The number of hydrogen-bond donors (Lipinski definition) is 0. The monoisotopic (exact) mass is 372 g/mol. The van der Waals surface area contributed by atoms with E-state index in [0.717, 1.165) is 55.3 Å². The van der Waals surface area contributed by atoms with Crippen LogP contribution in [0.25, 0.3) is 43.1 Å². The molecule has 28 heavy (non-hydrogen) atoms. The molecule has 140 valence electrons. The third-order valence-electron chi connectivity index (χ3n) is 5.52. The summed E-state index contributed by atoms with van der Waals surface area (Å²) in [6.07, 6.45) is 0. The summed E-state index contributed by atoms with van der Waals surface area (Å²) in [6, 6.07) is 16.6. The molecule has 5 aromatic carbocycles. The smallest absolute Gasteiger partial charge is 0.120 e. The highest BCUT2D eigenvalue weighted by Gasteiger charge is 2.17. The van der Waals surface area contributed by atoms with Gasteiger partial charge in [-0.15, -0.1) is 0 Å². The fraction of sp³-hybridized carbons (Fsp3) is 0.167. The van der Waals surface area contributed by atoms with E-state index in [1.807, 2.05) is 24.3 Å². The number of hydrogen-bond acceptors (Lipinski definition) is 4. The van der Waals surface area contributed by atoms with E-state index in [9.17, 15) is 0 Å². The second-order valence-electron chi connectivity index (χ2n) is 6.90. The Kier molecular flexibility index (Phi) is 3.63. The zero-order valence-corrected chi connectivity index (χ0v) is 16.3. The van der Waals surface area contributed by atoms with Gasteiger partial charge in [-0.25, -0.2) is 0 Å². The molecule has 0 aliphatic carbocycles. The molecule has 4 heteroatoms. The van der Waals surface area contributed by atoms with E-state index in [2.05, 4.69) is 24.3 Å². The van der Waals surface area contributed by atoms with Crippen molar-refractivity contribution in [3.8, 4) is 23.0 Å². The summed E-state index contributed by atoms with van der Waals surface area (Å²) >= 11 is 0. The lowest BCUT2D eigenvalue weighted by Gasteiger charge is -2.18. The van der Waals surface area contributed by atoms with Gasteiger partial charge in [-0.2, -0.15) is 0 Å². The maximum absolute atomic E-state index is 5.59. The van der Waals surface area contributed by atoms with Crippen molar-refractivity contribution in [1.29, 1.82) is 0 Å². The van der Waals surface area contributed by atoms with Crippen LogP contribution >= 0.6 is 0 Å². The van der Waals surface area contributed by atoms with Crippen LogP contribution in [0.2, 0.25) is 0 Å². The first-order valence-electron chi connectivity index (χ1n) is 9.07. The van der Waals surface area contributed by atoms with Crippen LogP contribution in [0.1, 0.15) is 0 Å². The Hall–Kier alpha value is -3.40. The first-order chi connectivity index (χ1) is 13.7. The second kappa shape index (κ2) is 6.06. The standard InChI is InChI=1S/C24H20O4/c1-25-15-5-13-6-16(26-2)11-21-22-12-18(28-4)8-14-7-17(27-3)10-20(24(14)22)19(9-15)23(13)21/h5-12H,1-4H3. The largest absolute Gasteiger partial charge is 0.497 e. The quantitative estimate of drug-likeness (QED) is 0.296. The van der Waals surface area contributed by atoms with Crippen LogP contribution in [0.5, 0.6) is 23.0 Å². The number of rotatable bonds is 4. The Balaban J connectivity index is 2.14. The minimum atomic E-state index is 0.814. The fourth-order valence-electron chi connectivity index (χ4n) is 4.24. The van der Waals surface area contributed by atoms with E-state index < -0.39 is 0 Å². The minimum absolute atomic E-state index is 0.814. The summed E-state index contributed by atoms with van der Waals surface area (Å²) in [5, 5.41) is 9.04. The lowest BCUT2D eigenvalue weighted by Crippen LogP contribution is -1.93. The van der Waals surface area contributed by atoms with Crippen molar-refractivity contribution in [3.05, 3.63) is 48.5 Å². The normalized spacial score (nSPS) is 11.6. The zero-order chi connectivity index (χ0) is 19.4. The molecule has 0 bridgehead atoms. The summed E-state index contributed by atoms with van der Waals surface area (Å²) < 4.78 is 22.3. The Bertz CT molecular complexity index is 1150. The lowest BCUT2D eigenvalue weighted by molar-refractivity contribution is 0.414. The molecular weight excluding hydrogens is 352 g/mol. The molecular formula is C24H20O4. The molecule has 0 radical (unpaired) electrons. The summed E-state index contributed by atoms with van der Waals surface area (Å²) in [5.41, 5.74) is 0. The van der Waals surface area contributed by atoms with Gasteiger partial charge in [-0.05, 0) is 91.6 Å². The Morgan fingerprint density at radius 1 is 0.393 bits per heavy atom. The SMILES string of the molecule is COc1cc2cc(OC)cc3c4cc(OC)cc5cc(OC)cc(c(c1)c23)c54. The van der Waals surface area contributed by atoms with E-state index in [4.69, 9.17) is 18.9 Å². The average molecular weight is 372 g/mol. The van der Waals surface area contributed by atoms with Crippen LogP contribution in [0, 0.1) is 0 Å². The van der Waals surface area contributed by atoms with Gasteiger partial charge in [0, 0.05) is 0 Å². The maximum Gasteiger partial charge on any atom is 0.120 e. The van der Waals surface area contributed by atoms with E-state index >= 15 is 0 Å². The van der Waals surface area contributed by atoms with Crippen LogP contribution in [0.4, 0.5) is 0 Å². The molecule has 0 saturated carbocycles. The van der Waals surface area contributed by atoms with E-state index in [-0.39, 0.29) is 0 Å². The first-order valence-corrected chi connectivity index (χ1v) is 9.07. The fourth-order valence-corrected chi connectivity index (χ4v) is 4.24. The third kappa shape index (κ3) is 2.24. The molecule has 0 amide bonds. The Morgan fingerprint density at radius 3 is 0.857 bits per heavy atom.